The van der Waals surface area contributed by atoms with Crippen molar-refractivity contribution in [2.45, 2.75) is 81.4 Å². The molecule has 0 aromatic heterocycles. The summed E-state index contributed by atoms with van der Waals surface area (Å²) in [5, 5.41) is 60.4. The van der Waals surface area contributed by atoms with Crippen LogP contribution in [0.3, 0.4) is 0 Å². The van der Waals surface area contributed by atoms with Gasteiger partial charge in [0.15, 0.2) is 0 Å². The summed E-state index contributed by atoms with van der Waals surface area (Å²) in [6.45, 7) is 3.19. The number of ether oxygens (including phenoxy) is 3. The highest BCUT2D eigenvalue weighted by Crippen LogP contribution is 2.42. The van der Waals surface area contributed by atoms with Crippen LogP contribution >= 0.6 is 0 Å². The highest BCUT2D eigenvalue weighted by molar-refractivity contribution is 5.50. The van der Waals surface area contributed by atoms with E-state index in [9.17, 15) is 30.6 Å². The predicted molar refractivity (Wildman–Crippen MR) is 124 cm³/mol. The second-order valence-electron chi connectivity index (χ2n) is 10.3. The van der Waals surface area contributed by atoms with Gasteiger partial charge < -0.3 is 44.8 Å². The molecular weight excluding hydrogens is 456 g/mol. The molecule has 1 aliphatic carbocycles. The number of fused-ring (bicyclic) bond motifs is 2. The Kier molecular flexibility index (Phi) is 6.19. The van der Waals surface area contributed by atoms with Crippen molar-refractivity contribution in [3.63, 3.8) is 0 Å². The Morgan fingerprint density at radius 3 is 2.31 bits per heavy atom. The van der Waals surface area contributed by atoms with E-state index >= 15 is 0 Å². The average Bonchev–Trinajstić information content (AvgIpc) is 3.21. The lowest BCUT2D eigenvalue weighted by Crippen LogP contribution is -2.60. The lowest BCUT2D eigenvalue weighted by Gasteiger charge is -2.39. The van der Waals surface area contributed by atoms with E-state index in [1.165, 1.54) is 11.6 Å². The Labute approximate surface area is 203 Å². The smallest absolute Gasteiger partial charge is 0.229 e. The molecule has 9 nitrogen and oxygen atoms in total. The Morgan fingerprint density at radius 1 is 0.886 bits per heavy atom. The number of hydrogen-bond acceptors (Lipinski definition) is 9. The molecule has 35 heavy (non-hydrogen) atoms. The molecule has 0 radical (unpaired) electrons. The van der Waals surface area contributed by atoms with Gasteiger partial charge in [-0.05, 0) is 73.1 Å². The molecule has 1 saturated heterocycles. The maximum Gasteiger partial charge on any atom is 0.229 e. The van der Waals surface area contributed by atoms with Gasteiger partial charge in [-0.1, -0.05) is 6.07 Å². The van der Waals surface area contributed by atoms with Crippen molar-refractivity contribution in [3.8, 4) is 17.2 Å². The molecule has 5 rings (SSSR count). The van der Waals surface area contributed by atoms with Crippen LogP contribution in [0.1, 0.15) is 42.0 Å². The number of hydrogen-bond donors (Lipinski definition) is 6. The summed E-state index contributed by atoms with van der Waals surface area (Å²) in [6.07, 6.45) is -5.57. The molecular formula is C26H32O9. The van der Waals surface area contributed by atoms with Crippen LogP contribution in [-0.2, 0) is 24.0 Å². The van der Waals surface area contributed by atoms with Gasteiger partial charge in [-0.3, -0.25) is 0 Å². The van der Waals surface area contributed by atoms with Crippen LogP contribution in [0, 0.1) is 0 Å². The lowest BCUT2D eigenvalue weighted by molar-refractivity contribution is -0.277. The van der Waals surface area contributed by atoms with Crippen molar-refractivity contribution >= 4 is 0 Å². The average molecular weight is 489 g/mol. The summed E-state index contributed by atoms with van der Waals surface area (Å²) in [6, 6.07) is 8.94. The largest absolute Gasteiger partial charge is 0.508 e. The maximum atomic E-state index is 10.4. The lowest BCUT2D eigenvalue weighted by atomic mass is 9.89. The van der Waals surface area contributed by atoms with E-state index in [4.69, 9.17) is 14.2 Å². The van der Waals surface area contributed by atoms with Crippen LogP contribution in [-0.4, -0.2) is 79.7 Å². The first-order valence-corrected chi connectivity index (χ1v) is 11.9. The van der Waals surface area contributed by atoms with E-state index in [-0.39, 0.29) is 17.4 Å². The van der Waals surface area contributed by atoms with E-state index in [2.05, 4.69) is 6.07 Å². The molecule has 9 heteroatoms. The predicted octanol–water partition coefficient (Wildman–Crippen LogP) is 0.528. The minimum atomic E-state index is -1.55. The normalized spacial score (nSPS) is 33.5. The Hall–Kier alpha value is -2.40. The number of rotatable bonds is 4. The second kappa shape index (κ2) is 8.92. The third-order valence-electron chi connectivity index (χ3n) is 7.39. The quantitative estimate of drug-likeness (QED) is 0.362. The molecule has 1 fully saturated rings. The minimum absolute atomic E-state index is 0.0226. The van der Waals surface area contributed by atoms with Crippen LogP contribution in [0.4, 0.5) is 0 Å². The molecule has 7 unspecified atom stereocenters. The second-order valence-corrected chi connectivity index (χ2v) is 10.3. The molecule has 0 saturated carbocycles. The van der Waals surface area contributed by atoms with Gasteiger partial charge in [-0.15, -0.1) is 0 Å². The fourth-order valence-corrected chi connectivity index (χ4v) is 5.21. The fourth-order valence-electron chi connectivity index (χ4n) is 5.21. The molecule has 0 amide bonds. The van der Waals surface area contributed by atoms with E-state index in [0.717, 1.165) is 35.3 Å². The topological polar surface area (TPSA) is 149 Å². The molecule has 0 spiro atoms. The first-order valence-electron chi connectivity index (χ1n) is 11.9. The zero-order valence-corrected chi connectivity index (χ0v) is 19.7. The highest BCUT2D eigenvalue weighted by Gasteiger charge is 2.45. The first kappa shape index (κ1) is 24.3. The molecule has 190 valence electrons. The summed E-state index contributed by atoms with van der Waals surface area (Å²) in [5.41, 5.74) is 3.49. The van der Waals surface area contributed by atoms with Crippen molar-refractivity contribution in [2.75, 3.05) is 6.61 Å². The zero-order valence-electron chi connectivity index (χ0n) is 19.7. The van der Waals surface area contributed by atoms with E-state index in [1.54, 1.807) is 12.1 Å². The van der Waals surface area contributed by atoms with Gasteiger partial charge in [0.2, 0.25) is 6.29 Å². The molecule has 7 atom stereocenters. The number of phenols is 1. The van der Waals surface area contributed by atoms with Gasteiger partial charge in [0.25, 0.3) is 0 Å². The molecule has 0 bridgehead atoms. The van der Waals surface area contributed by atoms with Crippen LogP contribution in [0.15, 0.2) is 30.3 Å². The minimum Gasteiger partial charge on any atom is -0.508 e. The molecule has 3 aliphatic rings. The van der Waals surface area contributed by atoms with E-state index < -0.39 is 49.0 Å². The summed E-state index contributed by atoms with van der Waals surface area (Å²) in [5.74, 6) is 1.07. The van der Waals surface area contributed by atoms with Crippen LogP contribution in [0.2, 0.25) is 0 Å². The molecule has 2 aromatic rings. The monoisotopic (exact) mass is 488 g/mol. The third kappa shape index (κ3) is 4.48. The van der Waals surface area contributed by atoms with E-state index in [0.29, 0.717) is 6.42 Å². The molecule has 2 aliphatic heterocycles. The van der Waals surface area contributed by atoms with Gasteiger partial charge in [0.1, 0.15) is 47.3 Å². The van der Waals surface area contributed by atoms with Gasteiger partial charge in [-0.2, -0.15) is 0 Å². The number of aliphatic hydroxyl groups excluding tert-OH is 5. The van der Waals surface area contributed by atoms with Crippen molar-refractivity contribution < 1.29 is 44.8 Å². The zero-order chi connectivity index (χ0) is 25.1. The number of benzene rings is 2. The summed E-state index contributed by atoms with van der Waals surface area (Å²) < 4.78 is 17.2. The molecule has 2 aromatic carbocycles. The Bertz CT molecular complexity index is 1100. The standard InChI is InChI=1S/C26H32O9/c1-26(2)21(29)9-16-5-13-3-12(4-14(13)8-19(16)35-26)15-6-17(28)10-18(7-15)33-25-24(32)23(31)22(30)20(11-27)34-25/h5-8,10,12,20-25,27-32H,3-4,9,11H2,1-2H3. The van der Waals surface area contributed by atoms with Crippen molar-refractivity contribution in [1.29, 1.82) is 0 Å². The van der Waals surface area contributed by atoms with Crippen molar-refractivity contribution in [3.05, 3.63) is 52.6 Å². The highest BCUT2D eigenvalue weighted by atomic mass is 16.7. The van der Waals surface area contributed by atoms with Crippen LogP contribution in [0.5, 0.6) is 17.2 Å². The SMILES string of the molecule is CC1(C)Oc2cc3c(cc2CC1O)CC(c1cc(O)cc(OC2OC(CO)C(O)C(O)C2O)c1)C3. The summed E-state index contributed by atoms with van der Waals surface area (Å²) in [7, 11) is 0. The fraction of sp³-hybridized carbons (Fsp3) is 0.538. The van der Waals surface area contributed by atoms with Gasteiger partial charge in [0, 0.05) is 12.5 Å². The summed E-state index contributed by atoms with van der Waals surface area (Å²) in [4.78, 5) is 0. The van der Waals surface area contributed by atoms with E-state index in [1.807, 2.05) is 19.9 Å². The number of phenolic OH excluding ortho intramolecular Hbond substituents is 1. The van der Waals surface area contributed by atoms with Gasteiger partial charge in [0.05, 0.1) is 12.7 Å². The molecule has 6 N–H and O–H groups in total. The Morgan fingerprint density at radius 2 is 1.60 bits per heavy atom. The maximum absolute atomic E-state index is 10.4. The third-order valence-corrected chi connectivity index (χ3v) is 7.39. The van der Waals surface area contributed by atoms with Gasteiger partial charge >= 0.3 is 0 Å². The molecule has 2 heterocycles. The van der Waals surface area contributed by atoms with Crippen molar-refractivity contribution in [2.24, 2.45) is 0 Å². The van der Waals surface area contributed by atoms with Gasteiger partial charge in [-0.25, -0.2) is 0 Å². The van der Waals surface area contributed by atoms with Crippen LogP contribution < -0.4 is 9.47 Å². The number of aliphatic hydroxyl groups is 5. The number of aromatic hydroxyl groups is 1. The summed E-state index contributed by atoms with van der Waals surface area (Å²) >= 11 is 0. The Balaban J connectivity index is 1.35. The van der Waals surface area contributed by atoms with Crippen molar-refractivity contribution in [1.82, 2.24) is 0 Å². The first-order chi connectivity index (χ1) is 16.6. The van der Waals surface area contributed by atoms with Crippen LogP contribution in [0.25, 0.3) is 0 Å².